The van der Waals surface area contributed by atoms with E-state index in [2.05, 4.69) is 5.32 Å². The van der Waals surface area contributed by atoms with Gasteiger partial charge in [0.15, 0.2) is 6.61 Å². The normalized spacial score (nSPS) is 11.2. The number of anilines is 1. The van der Waals surface area contributed by atoms with Crippen molar-refractivity contribution < 1.29 is 27.5 Å². The first-order chi connectivity index (χ1) is 12.1. The zero-order chi connectivity index (χ0) is 19.5. The molecule has 0 bridgehead atoms. The van der Waals surface area contributed by atoms with Gasteiger partial charge in [0, 0.05) is 5.69 Å². The molecule has 0 radical (unpaired) electrons. The summed E-state index contributed by atoms with van der Waals surface area (Å²) < 4.78 is 43.1. The van der Waals surface area contributed by atoms with Gasteiger partial charge in [0.2, 0.25) is 0 Å². The van der Waals surface area contributed by atoms with E-state index in [9.17, 15) is 22.8 Å². The summed E-state index contributed by atoms with van der Waals surface area (Å²) in [7, 11) is 0. The number of carbonyl (C=O) groups excluding carboxylic acids is 2. The summed E-state index contributed by atoms with van der Waals surface area (Å²) in [6, 6.07) is 6.87. The maximum atomic E-state index is 12.8. The van der Waals surface area contributed by atoms with Crippen LogP contribution in [0.15, 0.2) is 36.4 Å². The molecule has 1 amide bonds. The summed E-state index contributed by atoms with van der Waals surface area (Å²) >= 11 is 17.0. The Morgan fingerprint density at radius 2 is 1.62 bits per heavy atom. The van der Waals surface area contributed by atoms with Crippen LogP contribution < -0.4 is 5.32 Å². The molecular weight excluding hydrogens is 418 g/mol. The molecule has 0 atom stereocenters. The van der Waals surface area contributed by atoms with Crippen LogP contribution in [-0.2, 0) is 15.7 Å². The zero-order valence-electron chi connectivity index (χ0n) is 12.7. The van der Waals surface area contributed by atoms with Crippen LogP contribution in [0.25, 0.3) is 0 Å². The van der Waals surface area contributed by atoms with Gasteiger partial charge in [-0.25, -0.2) is 4.79 Å². The van der Waals surface area contributed by atoms with Gasteiger partial charge in [0.1, 0.15) is 0 Å². The minimum Gasteiger partial charge on any atom is -0.452 e. The average molecular weight is 427 g/mol. The highest BCUT2D eigenvalue weighted by Gasteiger charge is 2.33. The quantitative estimate of drug-likeness (QED) is 0.661. The Balaban J connectivity index is 1.99. The van der Waals surface area contributed by atoms with Gasteiger partial charge >= 0.3 is 12.1 Å². The molecule has 10 heteroatoms. The van der Waals surface area contributed by atoms with E-state index in [1.165, 1.54) is 24.3 Å². The zero-order valence-corrected chi connectivity index (χ0v) is 14.9. The fourth-order valence-electron chi connectivity index (χ4n) is 1.85. The number of benzene rings is 2. The lowest BCUT2D eigenvalue weighted by atomic mass is 10.2. The molecule has 0 fully saturated rings. The van der Waals surface area contributed by atoms with Crippen molar-refractivity contribution in [2.75, 3.05) is 11.9 Å². The first-order valence-electron chi connectivity index (χ1n) is 6.86. The van der Waals surface area contributed by atoms with Gasteiger partial charge in [-0.2, -0.15) is 13.2 Å². The van der Waals surface area contributed by atoms with Gasteiger partial charge in [-0.1, -0.05) is 34.8 Å². The second kappa shape index (κ2) is 8.16. The largest absolute Gasteiger partial charge is 0.452 e. The minimum absolute atomic E-state index is 0.0676. The van der Waals surface area contributed by atoms with Gasteiger partial charge in [0.05, 0.1) is 26.2 Å². The van der Waals surface area contributed by atoms with Crippen LogP contribution in [0.3, 0.4) is 0 Å². The summed E-state index contributed by atoms with van der Waals surface area (Å²) in [5, 5.41) is 2.06. The standard InChI is InChI=1S/C16H9Cl3F3NO3/c17-11-4-2-9(6-10(11)16(20,21)22)23-14(24)7-26-15(25)8-1-3-12(18)13(19)5-8/h1-6H,7H2,(H,23,24). The lowest BCUT2D eigenvalue weighted by molar-refractivity contribution is -0.137. The molecule has 1 N–H and O–H groups in total. The van der Waals surface area contributed by atoms with E-state index in [0.717, 1.165) is 6.07 Å². The molecule has 138 valence electrons. The van der Waals surface area contributed by atoms with Crippen LogP contribution in [0.1, 0.15) is 15.9 Å². The number of hydrogen-bond acceptors (Lipinski definition) is 3. The monoisotopic (exact) mass is 425 g/mol. The molecule has 0 heterocycles. The van der Waals surface area contributed by atoms with Crippen LogP contribution in [-0.4, -0.2) is 18.5 Å². The fraction of sp³-hybridized carbons (Fsp3) is 0.125. The van der Waals surface area contributed by atoms with Crippen molar-refractivity contribution >= 4 is 52.4 Å². The summed E-state index contributed by atoms with van der Waals surface area (Å²) in [6.07, 6.45) is -4.67. The molecule has 0 aromatic heterocycles. The predicted octanol–water partition coefficient (Wildman–Crippen LogP) is 5.46. The Labute approximate surface area is 160 Å². The number of halogens is 6. The van der Waals surface area contributed by atoms with E-state index in [1.54, 1.807) is 0 Å². The number of esters is 1. The Morgan fingerprint density at radius 1 is 0.962 bits per heavy atom. The van der Waals surface area contributed by atoms with Gasteiger partial charge in [-0.15, -0.1) is 0 Å². The van der Waals surface area contributed by atoms with Crippen molar-refractivity contribution in [2.24, 2.45) is 0 Å². The summed E-state index contributed by atoms with van der Waals surface area (Å²) in [4.78, 5) is 23.6. The molecule has 0 spiro atoms. The lowest BCUT2D eigenvalue weighted by Gasteiger charge is -2.12. The number of carbonyl (C=O) groups is 2. The van der Waals surface area contributed by atoms with E-state index in [-0.39, 0.29) is 21.3 Å². The van der Waals surface area contributed by atoms with E-state index in [4.69, 9.17) is 39.5 Å². The molecule has 0 unspecified atom stereocenters. The van der Waals surface area contributed by atoms with Gasteiger partial charge in [-0.05, 0) is 36.4 Å². The molecule has 2 rings (SSSR count). The molecule has 0 aliphatic carbocycles. The molecule has 4 nitrogen and oxygen atoms in total. The number of amides is 1. The average Bonchev–Trinajstić information content (AvgIpc) is 2.56. The summed E-state index contributed by atoms with van der Waals surface area (Å²) in [5.41, 5.74) is -1.17. The molecule has 0 saturated carbocycles. The van der Waals surface area contributed by atoms with Gasteiger partial charge in [0.25, 0.3) is 5.91 Å². The van der Waals surface area contributed by atoms with Crippen LogP contribution in [0.4, 0.5) is 18.9 Å². The SMILES string of the molecule is O=C(COC(=O)c1ccc(Cl)c(Cl)c1)Nc1ccc(Cl)c(C(F)(F)F)c1. The van der Waals surface area contributed by atoms with E-state index < -0.39 is 35.2 Å². The second-order valence-electron chi connectivity index (χ2n) is 4.95. The van der Waals surface area contributed by atoms with Crippen molar-refractivity contribution in [3.05, 3.63) is 62.6 Å². The number of rotatable bonds is 4. The Bertz CT molecular complexity index is 856. The summed E-state index contributed by atoms with van der Waals surface area (Å²) in [6.45, 7) is -0.705. The molecule has 2 aromatic carbocycles. The first-order valence-corrected chi connectivity index (χ1v) is 8.00. The van der Waals surface area contributed by atoms with Crippen LogP contribution in [0.5, 0.6) is 0 Å². The van der Waals surface area contributed by atoms with Crippen molar-refractivity contribution in [1.29, 1.82) is 0 Å². The second-order valence-corrected chi connectivity index (χ2v) is 6.17. The molecule has 0 aliphatic heterocycles. The third-order valence-electron chi connectivity index (χ3n) is 3.05. The third-order valence-corrected chi connectivity index (χ3v) is 4.11. The Morgan fingerprint density at radius 3 is 2.23 bits per heavy atom. The first kappa shape index (κ1) is 20.4. The lowest BCUT2D eigenvalue weighted by Crippen LogP contribution is -2.21. The molecule has 26 heavy (non-hydrogen) atoms. The maximum Gasteiger partial charge on any atom is 0.417 e. The van der Waals surface area contributed by atoms with Gasteiger partial charge < -0.3 is 10.1 Å². The number of nitrogens with one attached hydrogen (secondary N) is 1. The van der Waals surface area contributed by atoms with E-state index in [0.29, 0.717) is 6.07 Å². The van der Waals surface area contributed by atoms with E-state index in [1.807, 2.05) is 0 Å². The Kier molecular flexibility index (Phi) is 6.39. The van der Waals surface area contributed by atoms with Gasteiger partial charge in [-0.3, -0.25) is 4.79 Å². The highest BCUT2D eigenvalue weighted by molar-refractivity contribution is 6.42. The highest BCUT2D eigenvalue weighted by atomic mass is 35.5. The van der Waals surface area contributed by atoms with Crippen LogP contribution in [0, 0.1) is 0 Å². The number of hydrogen-bond donors (Lipinski definition) is 1. The van der Waals surface area contributed by atoms with Crippen molar-refractivity contribution in [3.63, 3.8) is 0 Å². The fourth-order valence-corrected chi connectivity index (χ4v) is 2.38. The summed E-state index contributed by atoms with van der Waals surface area (Å²) in [5.74, 6) is -1.67. The topological polar surface area (TPSA) is 55.4 Å². The molecule has 2 aromatic rings. The Hall–Kier alpha value is -1.96. The molecule has 0 aliphatic rings. The minimum atomic E-state index is -4.67. The molecule has 0 saturated heterocycles. The van der Waals surface area contributed by atoms with E-state index >= 15 is 0 Å². The third kappa shape index (κ3) is 5.27. The van der Waals surface area contributed by atoms with Crippen LogP contribution >= 0.6 is 34.8 Å². The van der Waals surface area contributed by atoms with Crippen LogP contribution in [0.2, 0.25) is 15.1 Å². The number of ether oxygens (including phenoxy) is 1. The molecular formula is C16H9Cl3F3NO3. The highest BCUT2D eigenvalue weighted by Crippen LogP contribution is 2.36. The van der Waals surface area contributed by atoms with Crippen molar-refractivity contribution in [1.82, 2.24) is 0 Å². The number of alkyl halides is 3. The van der Waals surface area contributed by atoms with Crippen molar-refractivity contribution in [2.45, 2.75) is 6.18 Å². The predicted molar refractivity (Wildman–Crippen MR) is 91.8 cm³/mol. The smallest absolute Gasteiger partial charge is 0.417 e. The van der Waals surface area contributed by atoms with Crippen molar-refractivity contribution in [3.8, 4) is 0 Å². The maximum absolute atomic E-state index is 12.8.